The number of nitrogens with zero attached hydrogens (tertiary/aromatic N) is 1. The van der Waals surface area contributed by atoms with Crippen molar-refractivity contribution >= 4 is 0 Å². The summed E-state index contributed by atoms with van der Waals surface area (Å²) in [6.07, 6.45) is 1.81. The Bertz CT molecular complexity index is 279. The highest BCUT2D eigenvalue weighted by Gasteiger charge is 2.43. The molecule has 0 saturated carbocycles. The molecule has 11 heavy (non-hydrogen) atoms. The Hall–Kier alpha value is -0.890. The molecule has 1 aromatic rings. The van der Waals surface area contributed by atoms with E-state index in [1.807, 2.05) is 12.3 Å². The molecule has 0 aliphatic carbocycles. The minimum absolute atomic E-state index is 0.0780. The molecule has 2 heteroatoms. The van der Waals surface area contributed by atoms with Crippen LogP contribution in [0.3, 0.4) is 0 Å². The number of aryl methyl sites for hydroxylation is 1. The third kappa shape index (κ3) is 1.03. The Kier molecular flexibility index (Phi) is 1.26. The Labute approximate surface area is 66.2 Å². The molecule has 1 unspecified atom stereocenters. The normalized spacial score (nSPS) is 28.5. The van der Waals surface area contributed by atoms with Crippen LogP contribution in [0.4, 0.5) is 0 Å². The van der Waals surface area contributed by atoms with Crippen LogP contribution in [0.25, 0.3) is 0 Å². The summed E-state index contributed by atoms with van der Waals surface area (Å²) in [6.45, 7) is 4.95. The zero-order valence-electron chi connectivity index (χ0n) is 6.79. The maximum atomic E-state index is 5.30. The number of ether oxygens (including phenoxy) is 1. The van der Waals surface area contributed by atoms with Crippen molar-refractivity contribution in [1.29, 1.82) is 0 Å². The topological polar surface area (TPSA) is 25.4 Å². The molecule has 2 rings (SSSR count). The number of epoxide rings is 1. The van der Waals surface area contributed by atoms with Crippen LogP contribution in [0.15, 0.2) is 18.3 Å². The van der Waals surface area contributed by atoms with Crippen molar-refractivity contribution in [3.8, 4) is 0 Å². The molecule has 1 aliphatic rings. The van der Waals surface area contributed by atoms with Crippen molar-refractivity contribution in [1.82, 2.24) is 4.98 Å². The van der Waals surface area contributed by atoms with Gasteiger partial charge >= 0.3 is 0 Å². The zero-order valence-corrected chi connectivity index (χ0v) is 6.79. The number of hydrogen-bond acceptors (Lipinski definition) is 2. The molecule has 0 bridgehead atoms. The van der Waals surface area contributed by atoms with Crippen LogP contribution in [0.1, 0.15) is 18.2 Å². The van der Waals surface area contributed by atoms with E-state index in [1.54, 1.807) is 0 Å². The monoisotopic (exact) mass is 149 g/mol. The highest BCUT2D eigenvalue weighted by molar-refractivity contribution is 5.26. The van der Waals surface area contributed by atoms with Crippen LogP contribution in [-0.4, -0.2) is 11.6 Å². The van der Waals surface area contributed by atoms with Crippen LogP contribution in [-0.2, 0) is 10.3 Å². The molecule has 1 aliphatic heterocycles. The summed E-state index contributed by atoms with van der Waals surface area (Å²) < 4.78 is 5.30. The van der Waals surface area contributed by atoms with Crippen molar-refractivity contribution < 1.29 is 4.74 Å². The number of hydrogen-bond donors (Lipinski definition) is 0. The van der Waals surface area contributed by atoms with E-state index in [9.17, 15) is 0 Å². The lowest BCUT2D eigenvalue weighted by Gasteiger charge is -2.06. The predicted octanol–water partition coefficient (Wildman–Crippen LogP) is 1.64. The molecular weight excluding hydrogens is 138 g/mol. The third-order valence-electron chi connectivity index (χ3n) is 2.09. The molecule has 0 radical (unpaired) electrons. The molecule has 1 aromatic heterocycles. The summed E-state index contributed by atoms with van der Waals surface area (Å²) in [5.41, 5.74) is 2.22. The van der Waals surface area contributed by atoms with Gasteiger partial charge < -0.3 is 4.74 Å². The Balaban J connectivity index is 2.45. The van der Waals surface area contributed by atoms with Crippen molar-refractivity contribution in [3.63, 3.8) is 0 Å². The van der Waals surface area contributed by atoms with E-state index in [2.05, 4.69) is 24.9 Å². The Morgan fingerprint density at radius 2 is 2.36 bits per heavy atom. The zero-order chi connectivity index (χ0) is 7.90. The molecule has 0 spiro atoms. The Morgan fingerprint density at radius 3 is 2.91 bits per heavy atom. The maximum Gasteiger partial charge on any atom is 0.131 e. The average molecular weight is 149 g/mol. The van der Waals surface area contributed by atoms with Gasteiger partial charge in [-0.25, -0.2) is 0 Å². The van der Waals surface area contributed by atoms with Crippen molar-refractivity contribution in [2.24, 2.45) is 0 Å². The van der Waals surface area contributed by atoms with Gasteiger partial charge in [0.05, 0.1) is 12.3 Å². The molecule has 2 heterocycles. The summed E-state index contributed by atoms with van der Waals surface area (Å²) in [5.74, 6) is 0. The summed E-state index contributed by atoms with van der Waals surface area (Å²) in [5, 5.41) is 0. The van der Waals surface area contributed by atoms with Gasteiger partial charge in [-0.15, -0.1) is 0 Å². The first-order valence-corrected chi connectivity index (χ1v) is 3.78. The lowest BCUT2D eigenvalue weighted by atomic mass is 10.0. The maximum absolute atomic E-state index is 5.30. The van der Waals surface area contributed by atoms with E-state index in [-0.39, 0.29) is 5.60 Å². The average Bonchev–Trinajstić information content (AvgIpc) is 2.70. The van der Waals surface area contributed by atoms with Crippen molar-refractivity contribution in [2.45, 2.75) is 19.4 Å². The quantitative estimate of drug-likeness (QED) is 0.567. The van der Waals surface area contributed by atoms with Gasteiger partial charge in [0.15, 0.2) is 0 Å². The minimum Gasteiger partial charge on any atom is -0.363 e. The number of rotatable bonds is 1. The molecule has 0 N–H and O–H groups in total. The van der Waals surface area contributed by atoms with E-state index in [4.69, 9.17) is 4.74 Å². The second-order valence-corrected chi connectivity index (χ2v) is 3.19. The van der Waals surface area contributed by atoms with Gasteiger partial charge in [0.1, 0.15) is 5.60 Å². The fourth-order valence-electron chi connectivity index (χ4n) is 1.28. The summed E-state index contributed by atoms with van der Waals surface area (Å²) >= 11 is 0. The molecule has 0 amide bonds. The molecular formula is C9H11NO. The van der Waals surface area contributed by atoms with E-state index < -0.39 is 0 Å². The highest BCUT2D eigenvalue weighted by atomic mass is 16.6. The molecule has 2 nitrogen and oxygen atoms in total. The van der Waals surface area contributed by atoms with E-state index >= 15 is 0 Å². The first kappa shape index (κ1) is 6.80. The first-order valence-electron chi connectivity index (χ1n) is 3.78. The first-order chi connectivity index (χ1) is 5.22. The largest absolute Gasteiger partial charge is 0.363 e. The van der Waals surface area contributed by atoms with Gasteiger partial charge in [0.2, 0.25) is 0 Å². The fourth-order valence-corrected chi connectivity index (χ4v) is 1.28. The van der Waals surface area contributed by atoms with Gasteiger partial charge in [0.25, 0.3) is 0 Å². The number of aromatic nitrogens is 1. The lowest BCUT2D eigenvalue weighted by Crippen LogP contribution is -2.07. The van der Waals surface area contributed by atoms with Crippen LogP contribution < -0.4 is 0 Å². The van der Waals surface area contributed by atoms with Crippen LogP contribution in [0.2, 0.25) is 0 Å². The molecule has 0 aromatic carbocycles. The van der Waals surface area contributed by atoms with Gasteiger partial charge in [-0.3, -0.25) is 4.98 Å². The molecule has 1 atom stereocenters. The van der Waals surface area contributed by atoms with E-state index in [0.717, 1.165) is 12.3 Å². The molecule has 1 saturated heterocycles. The van der Waals surface area contributed by atoms with Crippen LogP contribution in [0.5, 0.6) is 0 Å². The smallest absolute Gasteiger partial charge is 0.131 e. The van der Waals surface area contributed by atoms with E-state index in [0.29, 0.717) is 0 Å². The SMILES string of the molecule is Cc1cccnc1C1(C)CO1. The van der Waals surface area contributed by atoms with Crippen LogP contribution >= 0.6 is 0 Å². The summed E-state index contributed by atoms with van der Waals surface area (Å²) in [6, 6.07) is 4.01. The third-order valence-corrected chi connectivity index (χ3v) is 2.09. The summed E-state index contributed by atoms with van der Waals surface area (Å²) in [7, 11) is 0. The van der Waals surface area contributed by atoms with Crippen LogP contribution in [0, 0.1) is 6.92 Å². The lowest BCUT2D eigenvalue weighted by molar-refractivity contribution is 0.323. The van der Waals surface area contributed by atoms with E-state index in [1.165, 1.54) is 5.56 Å². The number of pyridine rings is 1. The minimum atomic E-state index is -0.0780. The Morgan fingerprint density at radius 1 is 1.64 bits per heavy atom. The second-order valence-electron chi connectivity index (χ2n) is 3.19. The molecule has 58 valence electrons. The second kappa shape index (κ2) is 2.05. The highest BCUT2D eigenvalue weighted by Crippen LogP contribution is 2.37. The van der Waals surface area contributed by atoms with Gasteiger partial charge in [-0.1, -0.05) is 6.07 Å². The van der Waals surface area contributed by atoms with Crippen molar-refractivity contribution in [2.75, 3.05) is 6.61 Å². The predicted molar refractivity (Wildman–Crippen MR) is 42.3 cm³/mol. The van der Waals surface area contributed by atoms with Crippen molar-refractivity contribution in [3.05, 3.63) is 29.6 Å². The standard InChI is InChI=1S/C9H11NO/c1-7-4-3-5-10-8(7)9(2)6-11-9/h3-5H,6H2,1-2H3. The van der Waals surface area contributed by atoms with Gasteiger partial charge in [0, 0.05) is 6.20 Å². The fraction of sp³-hybridized carbons (Fsp3) is 0.444. The van der Waals surface area contributed by atoms with Gasteiger partial charge in [-0.2, -0.15) is 0 Å². The summed E-state index contributed by atoms with van der Waals surface area (Å²) in [4.78, 5) is 4.29. The molecule has 1 fully saturated rings. The van der Waals surface area contributed by atoms with Gasteiger partial charge in [-0.05, 0) is 25.5 Å².